The summed E-state index contributed by atoms with van der Waals surface area (Å²) < 4.78 is 11.1. The lowest BCUT2D eigenvalue weighted by Gasteiger charge is -2.22. The van der Waals surface area contributed by atoms with Gasteiger partial charge < -0.3 is 9.47 Å². The number of rotatable bonds is 11. The lowest BCUT2D eigenvalue weighted by molar-refractivity contribution is -0.171. The van der Waals surface area contributed by atoms with Gasteiger partial charge in [-0.05, 0) is 37.0 Å². The minimum absolute atomic E-state index is 0.476. The molecule has 0 aliphatic heterocycles. The van der Waals surface area contributed by atoms with Crippen molar-refractivity contribution in [3.63, 3.8) is 0 Å². The predicted molar refractivity (Wildman–Crippen MR) is 118 cm³/mol. The van der Waals surface area contributed by atoms with E-state index >= 15 is 0 Å². The molecule has 0 bridgehead atoms. The molecule has 0 aromatic heterocycles. The van der Waals surface area contributed by atoms with Crippen molar-refractivity contribution in [2.24, 2.45) is 0 Å². The summed E-state index contributed by atoms with van der Waals surface area (Å²) in [5.74, 6) is -1.16. The maximum absolute atomic E-state index is 13.0. The highest BCUT2D eigenvalue weighted by Gasteiger charge is 2.28. The SMILES string of the molecule is CC(=O)O[C@H](C(=O)O[C@@H](CCCCCCBr)c1ccc(C#N)cc1)c1ccccc1. The van der Waals surface area contributed by atoms with Gasteiger partial charge in [-0.3, -0.25) is 4.79 Å². The minimum atomic E-state index is -1.11. The monoisotopic (exact) mass is 471 g/mol. The summed E-state index contributed by atoms with van der Waals surface area (Å²) in [6.45, 7) is 1.27. The second-order valence-corrected chi connectivity index (χ2v) is 7.74. The number of halogens is 1. The Morgan fingerprint density at radius 2 is 1.60 bits per heavy atom. The molecule has 0 amide bonds. The second-order valence-electron chi connectivity index (χ2n) is 6.95. The minimum Gasteiger partial charge on any atom is -0.454 e. The summed E-state index contributed by atoms with van der Waals surface area (Å²) in [6, 6.07) is 18.0. The van der Waals surface area contributed by atoms with E-state index in [2.05, 4.69) is 22.0 Å². The van der Waals surface area contributed by atoms with Gasteiger partial charge in [0.25, 0.3) is 0 Å². The van der Waals surface area contributed by atoms with E-state index in [-0.39, 0.29) is 0 Å². The third kappa shape index (κ3) is 7.64. The van der Waals surface area contributed by atoms with Crippen molar-refractivity contribution in [2.75, 3.05) is 5.33 Å². The summed E-state index contributed by atoms with van der Waals surface area (Å²) >= 11 is 3.43. The zero-order chi connectivity index (χ0) is 21.8. The van der Waals surface area contributed by atoms with Gasteiger partial charge >= 0.3 is 11.9 Å². The molecule has 0 radical (unpaired) electrons. The first kappa shape index (κ1) is 23.6. The van der Waals surface area contributed by atoms with Crippen LogP contribution in [0.15, 0.2) is 54.6 Å². The average Bonchev–Trinajstić information content (AvgIpc) is 2.77. The van der Waals surface area contributed by atoms with Crippen LogP contribution in [0.3, 0.4) is 0 Å². The normalized spacial score (nSPS) is 12.4. The number of ether oxygens (including phenoxy) is 2. The summed E-state index contributed by atoms with van der Waals surface area (Å²) in [7, 11) is 0. The van der Waals surface area contributed by atoms with Crippen LogP contribution in [-0.4, -0.2) is 17.3 Å². The summed E-state index contributed by atoms with van der Waals surface area (Å²) in [5.41, 5.74) is 1.93. The Kier molecular flexibility index (Phi) is 10.1. The Bertz CT molecular complexity index is 846. The molecule has 5 nitrogen and oxygen atoms in total. The van der Waals surface area contributed by atoms with E-state index in [1.54, 1.807) is 48.5 Å². The van der Waals surface area contributed by atoms with E-state index in [0.717, 1.165) is 36.6 Å². The molecule has 0 aliphatic rings. The van der Waals surface area contributed by atoms with E-state index in [1.807, 2.05) is 6.07 Å². The van der Waals surface area contributed by atoms with Crippen LogP contribution in [0.2, 0.25) is 0 Å². The third-order valence-corrected chi connectivity index (χ3v) is 5.18. The summed E-state index contributed by atoms with van der Waals surface area (Å²) in [5, 5.41) is 10.0. The smallest absolute Gasteiger partial charge is 0.352 e. The van der Waals surface area contributed by atoms with Crippen molar-refractivity contribution in [1.82, 2.24) is 0 Å². The van der Waals surface area contributed by atoms with Crippen molar-refractivity contribution in [2.45, 2.75) is 51.2 Å². The van der Waals surface area contributed by atoms with Crippen LogP contribution >= 0.6 is 15.9 Å². The van der Waals surface area contributed by atoms with Crippen LogP contribution in [0.1, 0.15) is 67.9 Å². The molecule has 2 aromatic carbocycles. The first-order chi connectivity index (χ1) is 14.5. The summed E-state index contributed by atoms with van der Waals surface area (Å²) in [4.78, 5) is 24.5. The highest BCUT2D eigenvalue weighted by molar-refractivity contribution is 9.09. The Labute approximate surface area is 186 Å². The van der Waals surface area contributed by atoms with Crippen LogP contribution in [0, 0.1) is 11.3 Å². The van der Waals surface area contributed by atoms with E-state index in [0.29, 0.717) is 17.5 Å². The molecule has 0 saturated heterocycles. The number of nitrogens with zero attached hydrogens (tertiary/aromatic N) is 1. The molecule has 6 heteroatoms. The molecule has 0 spiro atoms. The Morgan fingerprint density at radius 3 is 2.20 bits per heavy atom. The molecule has 2 atom stereocenters. The van der Waals surface area contributed by atoms with Crippen LogP contribution in [-0.2, 0) is 19.1 Å². The van der Waals surface area contributed by atoms with Gasteiger partial charge in [-0.15, -0.1) is 0 Å². The molecule has 158 valence electrons. The number of nitriles is 1. The van der Waals surface area contributed by atoms with Crippen molar-refractivity contribution in [3.8, 4) is 6.07 Å². The maximum atomic E-state index is 13.0. The number of benzene rings is 2. The number of alkyl halides is 1. The van der Waals surface area contributed by atoms with E-state index in [1.165, 1.54) is 6.92 Å². The molecular formula is C24H26BrNO4. The number of unbranched alkanes of at least 4 members (excludes halogenated alkanes) is 3. The van der Waals surface area contributed by atoms with E-state index in [4.69, 9.17) is 14.7 Å². The number of carbonyl (C=O) groups is 2. The van der Waals surface area contributed by atoms with Crippen molar-refractivity contribution >= 4 is 27.9 Å². The van der Waals surface area contributed by atoms with Crippen LogP contribution in [0.25, 0.3) is 0 Å². The molecular weight excluding hydrogens is 446 g/mol. The topological polar surface area (TPSA) is 76.4 Å². The highest BCUT2D eigenvalue weighted by atomic mass is 79.9. The van der Waals surface area contributed by atoms with E-state index in [9.17, 15) is 9.59 Å². The van der Waals surface area contributed by atoms with Gasteiger partial charge in [-0.2, -0.15) is 5.26 Å². The van der Waals surface area contributed by atoms with Crippen molar-refractivity contribution in [3.05, 3.63) is 71.3 Å². The predicted octanol–water partition coefficient (Wildman–Crippen LogP) is 5.79. The molecule has 0 unspecified atom stereocenters. The van der Waals surface area contributed by atoms with Crippen molar-refractivity contribution < 1.29 is 19.1 Å². The van der Waals surface area contributed by atoms with Crippen LogP contribution in [0.4, 0.5) is 0 Å². The maximum Gasteiger partial charge on any atom is 0.352 e. The van der Waals surface area contributed by atoms with Gasteiger partial charge in [-0.1, -0.05) is 71.2 Å². The Balaban J connectivity index is 2.17. The van der Waals surface area contributed by atoms with Gasteiger partial charge in [0, 0.05) is 17.8 Å². The average molecular weight is 472 g/mol. The standard InChI is InChI=1S/C24H26BrNO4/c1-18(27)29-23(21-9-5-4-6-10-21)24(28)30-22(11-7-2-3-8-16-25)20-14-12-19(17-26)13-15-20/h4-6,9-10,12-15,22-23H,2-3,7-8,11,16H2,1H3/t22-,23-/m0/s1. The molecule has 0 aliphatic carbocycles. The van der Waals surface area contributed by atoms with Crippen molar-refractivity contribution in [1.29, 1.82) is 5.26 Å². The first-order valence-electron chi connectivity index (χ1n) is 10.0. The van der Waals surface area contributed by atoms with Gasteiger partial charge in [-0.25, -0.2) is 4.79 Å². The van der Waals surface area contributed by atoms with Gasteiger partial charge in [0.15, 0.2) is 0 Å². The lowest BCUT2D eigenvalue weighted by Crippen LogP contribution is -2.23. The van der Waals surface area contributed by atoms with Gasteiger partial charge in [0.2, 0.25) is 6.10 Å². The molecule has 0 heterocycles. The fourth-order valence-corrected chi connectivity index (χ4v) is 3.49. The van der Waals surface area contributed by atoms with Gasteiger partial charge in [0.05, 0.1) is 11.6 Å². The zero-order valence-corrected chi connectivity index (χ0v) is 18.6. The lowest BCUT2D eigenvalue weighted by atomic mass is 10.0. The Morgan fingerprint density at radius 1 is 0.933 bits per heavy atom. The zero-order valence-electron chi connectivity index (χ0n) is 17.1. The largest absolute Gasteiger partial charge is 0.454 e. The molecule has 0 fully saturated rings. The van der Waals surface area contributed by atoms with E-state index < -0.39 is 24.1 Å². The van der Waals surface area contributed by atoms with Gasteiger partial charge in [0.1, 0.15) is 6.10 Å². The third-order valence-electron chi connectivity index (χ3n) is 4.62. The Hall–Kier alpha value is -2.65. The fraction of sp³-hybridized carbons (Fsp3) is 0.375. The quantitative estimate of drug-likeness (QED) is 0.235. The number of hydrogen-bond donors (Lipinski definition) is 0. The second kappa shape index (κ2) is 12.8. The number of carbonyl (C=O) groups excluding carboxylic acids is 2. The number of esters is 2. The molecule has 0 saturated carbocycles. The summed E-state index contributed by atoms with van der Waals surface area (Å²) in [6.07, 6.45) is 3.19. The highest BCUT2D eigenvalue weighted by Crippen LogP contribution is 2.29. The number of hydrogen-bond acceptors (Lipinski definition) is 5. The van der Waals surface area contributed by atoms with Crippen LogP contribution in [0.5, 0.6) is 0 Å². The molecule has 2 aromatic rings. The molecule has 0 N–H and O–H groups in total. The first-order valence-corrected chi connectivity index (χ1v) is 11.2. The fourth-order valence-electron chi connectivity index (χ4n) is 3.09. The molecule has 2 rings (SSSR count). The molecule has 30 heavy (non-hydrogen) atoms. The van der Waals surface area contributed by atoms with Crippen LogP contribution < -0.4 is 0 Å².